The smallest absolute Gasteiger partial charge is 0.125 e. The Balaban J connectivity index is 2.65. The SMILES string of the molecule is CCOCCOc1c(C)cc(CCN)cc1C. The van der Waals surface area contributed by atoms with Crippen molar-refractivity contribution >= 4 is 0 Å². The highest BCUT2D eigenvalue weighted by Gasteiger charge is 2.06. The van der Waals surface area contributed by atoms with Crippen molar-refractivity contribution in [2.24, 2.45) is 5.73 Å². The maximum Gasteiger partial charge on any atom is 0.125 e. The normalized spacial score (nSPS) is 10.6. The molecule has 3 heteroatoms. The van der Waals surface area contributed by atoms with Gasteiger partial charge in [0.05, 0.1) is 6.61 Å². The maximum atomic E-state index is 5.75. The fraction of sp³-hybridized carbons (Fsp3) is 0.571. The molecule has 0 aliphatic carbocycles. The van der Waals surface area contributed by atoms with Crippen molar-refractivity contribution in [2.75, 3.05) is 26.4 Å². The number of aryl methyl sites for hydroxylation is 2. The van der Waals surface area contributed by atoms with Crippen molar-refractivity contribution in [2.45, 2.75) is 27.2 Å². The summed E-state index contributed by atoms with van der Waals surface area (Å²) < 4.78 is 11.0. The summed E-state index contributed by atoms with van der Waals surface area (Å²) in [6, 6.07) is 4.30. The average Bonchev–Trinajstić information content (AvgIpc) is 2.27. The predicted molar refractivity (Wildman–Crippen MR) is 70.7 cm³/mol. The van der Waals surface area contributed by atoms with Crippen LogP contribution in [0.15, 0.2) is 12.1 Å². The van der Waals surface area contributed by atoms with Crippen molar-refractivity contribution < 1.29 is 9.47 Å². The Morgan fingerprint density at radius 2 is 1.76 bits per heavy atom. The van der Waals surface area contributed by atoms with Crippen LogP contribution in [0.3, 0.4) is 0 Å². The van der Waals surface area contributed by atoms with Gasteiger partial charge in [-0.05, 0) is 50.4 Å². The summed E-state index contributed by atoms with van der Waals surface area (Å²) in [4.78, 5) is 0. The fourth-order valence-electron chi connectivity index (χ4n) is 1.93. The van der Waals surface area contributed by atoms with Crippen LogP contribution in [0.2, 0.25) is 0 Å². The Labute approximate surface area is 104 Å². The minimum atomic E-state index is 0.603. The van der Waals surface area contributed by atoms with Crippen molar-refractivity contribution in [1.82, 2.24) is 0 Å². The molecule has 0 radical (unpaired) electrons. The predicted octanol–water partition coefficient (Wildman–Crippen LogP) is 2.22. The van der Waals surface area contributed by atoms with Gasteiger partial charge in [-0.25, -0.2) is 0 Å². The van der Waals surface area contributed by atoms with Crippen molar-refractivity contribution in [3.63, 3.8) is 0 Å². The van der Waals surface area contributed by atoms with Gasteiger partial charge in [-0.1, -0.05) is 12.1 Å². The molecule has 0 saturated heterocycles. The van der Waals surface area contributed by atoms with E-state index in [2.05, 4.69) is 26.0 Å². The second-order valence-electron chi connectivity index (χ2n) is 4.14. The van der Waals surface area contributed by atoms with Gasteiger partial charge in [0.1, 0.15) is 12.4 Å². The Hall–Kier alpha value is -1.06. The van der Waals surface area contributed by atoms with Gasteiger partial charge in [0, 0.05) is 6.61 Å². The third kappa shape index (κ3) is 4.36. The third-order valence-corrected chi connectivity index (χ3v) is 2.63. The Bertz CT molecular complexity index is 327. The van der Waals surface area contributed by atoms with E-state index in [1.54, 1.807) is 0 Å². The summed E-state index contributed by atoms with van der Waals surface area (Å²) in [7, 11) is 0. The minimum absolute atomic E-state index is 0.603. The summed E-state index contributed by atoms with van der Waals surface area (Å²) >= 11 is 0. The highest BCUT2D eigenvalue weighted by molar-refractivity contribution is 5.43. The minimum Gasteiger partial charge on any atom is -0.491 e. The van der Waals surface area contributed by atoms with E-state index in [4.69, 9.17) is 15.2 Å². The summed E-state index contributed by atoms with van der Waals surface area (Å²) in [5, 5.41) is 0. The van der Waals surface area contributed by atoms with E-state index >= 15 is 0 Å². The molecule has 0 amide bonds. The van der Waals surface area contributed by atoms with E-state index in [0.717, 1.165) is 18.8 Å². The van der Waals surface area contributed by atoms with Gasteiger partial charge < -0.3 is 15.2 Å². The highest BCUT2D eigenvalue weighted by Crippen LogP contribution is 2.24. The number of benzene rings is 1. The molecule has 0 aliphatic rings. The maximum absolute atomic E-state index is 5.75. The molecule has 0 spiro atoms. The van der Waals surface area contributed by atoms with Crippen LogP contribution in [0.5, 0.6) is 5.75 Å². The zero-order chi connectivity index (χ0) is 12.7. The van der Waals surface area contributed by atoms with E-state index < -0.39 is 0 Å². The first-order chi connectivity index (χ1) is 8.19. The average molecular weight is 237 g/mol. The first-order valence-electron chi connectivity index (χ1n) is 6.19. The molecule has 0 heterocycles. The van der Waals surface area contributed by atoms with Crippen LogP contribution in [0, 0.1) is 13.8 Å². The van der Waals surface area contributed by atoms with Crippen LogP contribution < -0.4 is 10.5 Å². The molecule has 0 aromatic heterocycles. The second kappa shape index (κ2) is 7.30. The van der Waals surface area contributed by atoms with Crippen LogP contribution in [0.1, 0.15) is 23.6 Å². The van der Waals surface area contributed by atoms with Crippen molar-refractivity contribution in [3.05, 3.63) is 28.8 Å². The van der Waals surface area contributed by atoms with E-state index in [9.17, 15) is 0 Å². The molecule has 0 fully saturated rings. The largest absolute Gasteiger partial charge is 0.491 e. The monoisotopic (exact) mass is 237 g/mol. The molecule has 0 saturated carbocycles. The van der Waals surface area contributed by atoms with Gasteiger partial charge in [-0.15, -0.1) is 0 Å². The number of rotatable bonds is 7. The summed E-state index contributed by atoms with van der Waals surface area (Å²) in [5.74, 6) is 0.977. The first-order valence-corrected chi connectivity index (χ1v) is 6.19. The third-order valence-electron chi connectivity index (χ3n) is 2.63. The van der Waals surface area contributed by atoms with Crippen LogP contribution in [-0.2, 0) is 11.2 Å². The molecular formula is C14H23NO2. The van der Waals surface area contributed by atoms with E-state index in [1.165, 1.54) is 16.7 Å². The summed E-state index contributed by atoms with van der Waals surface area (Å²) in [6.45, 7) is 8.79. The molecule has 0 aliphatic heterocycles. The number of nitrogens with two attached hydrogens (primary N) is 1. The van der Waals surface area contributed by atoms with Crippen LogP contribution in [-0.4, -0.2) is 26.4 Å². The molecule has 3 nitrogen and oxygen atoms in total. The first kappa shape index (κ1) is 14.0. The van der Waals surface area contributed by atoms with Gasteiger partial charge in [0.25, 0.3) is 0 Å². The summed E-state index contributed by atoms with van der Waals surface area (Å²) in [5.41, 5.74) is 9.18. The highest BCUT2D eigenvalue weighted by atomic mass is 16.5. The van der Waals surface area contributed by atoms with Crippen LogP contribution in [0.4, 0.5) is 0 Å². The Morgan fingerprint density at radius 3 is 2.29 bits per heavy atom. The summed E-state index contributed by atoms with van der Waals surface area (Å²) in [6.07, 6.45) is 0.918. The second-order valence-corrected chi connectivity index (χ2v) is 4.14. The number of hydrogen-bond acceptors (Lipinski definition) is 3. The van der Waals surface area contributed by atoms with E-state index in [0.29, 0.717) is 19.8 Å². The van der Waals surface area contributed by atoms with Gasteiger partial charge in [0.15, 0.2) is 0 Å². The number of ether oxygens (including phenoxy) is 2. The lowest BCUT2D eigenvalue weighted by atomic mass is 10.0. The molecule has 0 atom stereocenters. The Morgan fingerprint density at radius 1 is 1.12 bits per heavy atom. The fourth-order valence-corrected chi connectivity index (χ4v) is 1.93. The van der Waals surface area contributed by atoms with Crippen molar-refractivity contribution in [1.29, 1.82) is 0 Å². The molecular weight excluding hydrogens is 214 g/mol. The zero-order valence-electron chi connectivity index (χ0n) is 11.1. The lowest BCUT2D eigenvalue weighted by Crippen LogP contribution is -2.09. The van der Waals surface area contributed by atoms with E-state index in [-0.39, 0.29) is 0 Å². The zero-order valence-corrected chi connectivity index (χ0v) is 11.1. The standard InChI is InChI=1S/C14H23NO2/c1-4-16-7-8-17-14-11(2)9-13(5-6-15)10-12(14)3/h9-10H,4-8,15H2,1-3H3. The quantitative estimate of drug-likeness (QED) is 0.740. The van der Waals surface area contributed by atoms with E-state index in [1.807, 2.05) is 6.92 Å². The lowest BCUT2D eigenvalue weighted by molar-refractivity contribution is 0.109. The van der Waals surface area contributed by atoms with Crippen molar-refractivity contribution in [3.8, 4) is 5.75 Å². The molecule has 2 N–H and O–H groups in total. The molecule has 17 heavy (non-hydrogen) atoms. The molecule has 1 aromatic carbocycles. The van der Waals surface area contributed by atoms with Gasteiger partial charge >= 0.3 is 0 Å². The lowest BCUT2D eigenvalue weighted by Gasteiger charge is -2.14. The topological polar surface area (TPSA) is 44.5 Å². The van der Waals surface area contributed by atoms with Gasteiger partial charge in [0.2, 0.25) is 0 Å². The number of hydrogen-bond donors (Lipinski definition) is 1. The molecule has 1 rings (SSSR count). The van der Waals surface area contributed by atoms with Gasteiger partial charge in [-0.3, -0.25) is 0 Å². The molecule has 96 valence electrons. The van der Waals surface area contributed by atoms with Gasteiger partial charge in [-0.2, -0.15) is 0 Å². The van der Waals surface area contributed by atoms with Crippen LogP contribution >= 0.6 is 0 Å². The van der Waals surface area contributed by atoms with Crippen LogP contribution in [0.25, 0.3) is 0 Å². The molecule has 0 bridgehead atoms. The molecule has 0 unspecified atom stereocenters. The molecule has 1 aromatic rings. The Kier molecular flexibility index (Phi) is 6.01.